The SMILES string of the molecule is COCC1OC(OC)C=CC1OC.COCC1OC=CC(=O)C1OC.COCC1OC=CC(OC)C1OC. The van der Waals surface area contributed by atoms with Crippen LogP contribution in [0.15, 0.2) is 36.8 Å². The highest BCUT2D eigenvalue weighted by molar-refractivity contribution is 5.94. The van der Waals surface area contributed by atoms with Crippen molar-refractivity contribution >= 4 is 5.78 Å². The van der Waals surface area contributed by atoms with Crippen LogP contribution in [0.1, 0.15) is 0 Å². The number of carbonyl (C=O) groups excluding carboxylic acids is 1. The number of hydrogen-bond acceptors (Lipinski definition) is 12. The van der Waals surface area contributed by atoms with Crippen LogP contribution in [0.3, 0.4) is 0 Å². The molecule has 0 aromatic heterocycles. The summed E-state index contributed by atoms with van der Waals surface area (Å²) in [7, 11) is 12.8. The van der Waals surface area contributed by atoms with Crippen molar-refractivity contribution in [1.29, 1.82) is 0 Å². The molecule has 0 aromatic carbocycles. The van der Waals surface area contributed by atoms with E-state index in [1.807, 2.05) is 18.2 Å². The number of hydrogen-bond donors (Lipinski definition) is 0. The molecule has 38 heavy (non-hydrogen) atoms. The molecular formula is C26H44O12. The van der Waals surface area contributed by atoms with E-state index in [1.54, 1.807) is 56.0 Å². The number of carbonyl (C=O) groups is 1. The van der Waals surface area contributed by atoms with Crippen molar-refractivity contribution in [1.82, 2.24) is 0 Å². The molecule has 3 aliphatic heterocycles. The second-order valence-corrected chi connectivity index (χ2v) is 8.17. The summed E-state index contributed by atoms with van der Waals surface area (Å²) >= 11 is 0. The molecule has 0 spiro atoms. The molecule has 3 aliphatic rings. The van der Waals surface area contributed by atoms with Gasteiger partial charge in [-0.2, -0.15) is 0 Å². The Kier molecular flexibility index (Phi) is 18.1. The van der Waals surface area contributed by atoms with Gasteiger partial charge in [0.25, 0.3) is 0 Å². The van der Waals surface area contributed by atoms with E-state index in [2.05, 4.69) is 0 Å². The molecule has 0 saturated heterocycles. The van der Waals surface area contributed by atoms with Crippen molar-refractivity contribution in [2.24, 2.45) is 0 Å². The first-order valence-corrected chi connectivity index (χ1v) is 12.1. The van der Waals surface area contributed by atoms with Crippen molar-refractivity contribution < 1.29 is 56.9 Å². The summed E-state index contributed by atoms with van der Waals surface area (Å²) in [5.74, 6) is -0.0780. The fraction of sp³-hybridized carbons (Fsp3) is 0.731. The van der Waals surface area contributed by atoms with E-state index >= 15 is 0 Å². The van der Waals surface area contributed by atoms with Crippen LogP contribution in [0.4, 0.5) is 0 Å². The molecule has 0 fully saturated rings. The van der Waals surface area contributed by atoms with Gasteiger partial charge in [-0.25, -0.2) is 0 Å². The maximum Gasteiger partial charge on any atom is 0.191 e. The molecular weight excluding hydrogens is 504 g/mol. The lowest BCUT2D eigenvalue weighted by Gasteiger charge is -2.32. The number of rotatable bonds is 11. The lowest BCUT2D eigenvalue weighted by atomic mass is 10.1. The summed E-state index contributed by atoms with van der Waals surface area (Å²) in [5, 5.41) is 0. The lowest BCUT2D eigenvalue weighted by Crippen LogP contribution is -2.44. The fourth-order valence-electron chi connectivity index (χ4n) is 3.82. The minimum absolute atomic E-state index is 0.0497. The van der Waals surface area contributed by atoms with E-state index in [9.17, 15) is 4.79 Å². The molecule has 3 rings (SSSR count). The summed E-state index contributed by atoms with van der Waals surface area (Å²) < 4.78 is 56.6. The topological polar surface area (TPSA) is 119 Å². The molecule has 0 N–H and O–H groups in total. The highest BCUT2D eigenvalue weighted by atomic mass is 16.7. The molecule has 0 aromatic rings. The first kappa shape index (κ1) is 34.2. The molecule has 0 bridgehead atoms. The third-order valence-electron chi connectivity index (χ3n) is 5.74. The Labute approximate surface area is 225 Å². The van der Waals surface area contributed by atoms with E-state index < -0.39 is 6.10 Å². The van der Waals surface area contributed by atoms with Crippen molar-refractivity contribution in [3.8, 4) is 0 Å². The molecule has 0 amide bonds. The van der Waals surface area contributed by atoms with Crippen LogP contribution >= 0.6 is 0 Å². The van der Waals surface area contributed by atoms with E-state index in [4.69, 9.17) is 52.1 Å². The van der Waals surface area contributed by atoms with Gasteiger partial charge in [0.15, 0.2) is 24.3 Å². The van der Waals surface area contributed by atoms with Crippen LogP contribution in [0.25, 0.3) is 0 Å². The highest BCUT2D eigenvalue weighted by Crippen LogP contribution is 2.18. The minimum atomic E-state index is -0.532. The first-order chi connectivity index (χ1) is 18.4. The molecule has 0 saturated carbocycles. The zero-order valence-corrected chi connectivity index (χ0v) is 23.6. The minimum Gasteiger partial charge on any atom is -0.493 e. The van der Waals surface area contributed by atoms with Gasteiger partial charge in [0.05, 0.1) is 32.3 Å². The summed E-state index contributed by atoms with van der Waals surface area (Å²) in [6.07, 6.45) is 8.44. The summed E-state index contributed by atoms with van der Waals surface area (Å²) in [6.45, 7) is 1.36. The predicted octanol–water partition coefficient (Wildman–Crippen LogP) is 1.28. The molecule has 12 nitrogen and oxygen atoms in total. The van der Waals surface area contributed by atoms with Gasteiger partial charge in [0.2, 0.25) is 0 Å². The summed E-state index contributed by atoms with van der Waals surface area (Å²) in [6, 6.07) is 0. The molecule has 8 atom stereocenters. The Morgan fingerprint density at radius 3 is 1.79 bits per heavy atom. The van der Waals surface area contributed by atoms with Gasteiger partial charge in [-0.05, 0) is 12.2 Å². The van der Waals surface area contributed by atoms with Crippen LogP contribution in [-0.2, 0) is 56.9 Å². The lowest BCUT2D eigenvalue weighted by molar-refractivity contribution is -0.175. The van der Waals surface area contributed by atoms with Gasteiger partial charge in [0.1, 0.15) is 30.5 Å². The Bertz CT molecular complexity index is 708. The largest absolute Gasteiger partial charge is 0.493 e. The average Bonchev–Trinajstić information content (AvgIpc) is 2.94. The van der Waals surface area contributed by atoms with E-state index in [0.29, 0.717) is 19.8 Å². The Morgan fingerprint density at radius 2 is 1.24 bits per heavy atom. The molecule has 220 valence electrons. The number of ether oxygens (including phenoxy) is 11. The highest BCUT2D eigenvalue weighted by Gasteiger charge is 2.32. The van der Waals surface area contributed by atoms with Gasteiger partial charge in [0, 0.05) is 63.0 Å². The Morgan fingerprint density at radius 1 is 0.632 bits per heavy atom. The van der Waals surface area contributed by atoms with Gasteiger partial charge in [-0.1, -0.05) is 6.08 Å². The van der Waals surface area contributed by atoms with Crippen LogP contribution in [-0.4, -0.2) is 132 Å². The van der Waals surface area contributed by atoms with E-state index in [1.165, 1.54) is 19.4 Å². The quantitative estimate of drug-likeness (QED) is 0.346. The van der Waals surface area contributed by atoms with Crippen molar-refractivity contribution in [2.45, 2.75) is 49.0 Å². The first-order valence-electron chi connectivity index (χ1n) is 12.1. The predicted molar refractivity (Wildman–Crippen MR) is 137 cm³/mol. The van der Waals surface area contributed by atoms with Crippen LogP contribution < -0.4 is 0 Å². The second-order valence-electron chi connectivity index (χ2n) is 8.17. The number of methoxy groups -OCH3 is 8. The molecule has 0 aliphatic carbocycles. The monoisotopic (exact) mass is 548 g/mol. The zero-order valence-electron chi connectivity index (χ0n) is 23.6. The standard InChI is InChI=1S/2C9H16O4.C8H12O4/c1-10-6-8-9(12-3)7(11-2)4-5-13-8;1-10-6-8-7(11-2)4-5-9(12-3)13-8;1-10-5-7-8(11-2)6(9)3-4-12-7/h2*4-5,7-9H,6H2,1-3H3;3-4,7-8H,5H2,1-2H3. The zero-order chi connectivity index (χ0) is 28.3. The van der Waals surface area contributed by atoms with E-state index in [0.717, 1.165) is 0 Å². The molecule has 12 heteroatoms. The fourth-order valence-corrected chi connectivity index (χ4v) is 3.82. The Hall–Kier alpha value is -1.87. The third kappa shape index (κ3) is 11.1. The second kappa shape index (κ2) is 20.1. The van der Waals surface area contributed by atoms with Crippen molar-refractivity contribution in [3.05, 3.63) is 36.8 Å². The van der Waals surface area contributed by atoms with Crippen LogP contribution in [0.5, 0.6) is 0 Å². The molecule has 0 radical (unpaired) electrons. The molecule has 3 heterocycles. The number of ketones is 1. The summed E-state index contributed by atoms with van der Waals surface area (Å²) in [5.41, 5.74) is 0. The maximum absolute atomic E-state index is 11.2. The van der Waals surface area contributed by atoms with E-state index in [-0.39, 0.29) is 48.7 Å². The van der Waals surface area contributed by atoms with Gasteiger partial charge in [-0.15, -0.1) is 0 Å². The normalized spacial score (nSPS) is 31.8. The molecule has 8 unspecified atom stereocenters. The van der Waals surface area contributed by atoms with Gasteiger partial charge in [-0.3, -0.25) is 4.79 Å². The van der Waals surface area contributed by atoms with Crippen LogP contribution in [0, 0.1) is 0 Å². The third-order valence-corrected chi connectivity index (χ3v) is 5.74. The van der Waals surface area contributed by atoms with Crippen LogP contribution in [0.2, 0.25) is 0 Å². The van der Waals surface area contributed by atoms with Crippen molar-refractivity contribution in [3.63, 3.8) is 0 Å². The average molecular weight is 549 g/mol. The van der Waals surface area contributed by atoms with Crippen molar-refractivity contribution in [2.75, 3.05) is 76.7 Å². The van der Waals surface area contributed by atoms with Gasteiger partial charge < -0.3 is 52.1 Å². The Balaban J connectivity index is 0.000000285. The van der Waals surface area contributed by atoms with Gasteiger partial charge >= 0.3 is 0 Å². The summed E-state index contributed by atoms with van der Waals surface area (Å²) in [4.78, 5) is 11.2. The smallest absolute Gasteiger partial charge is 0.191 e. The maximum atomic E-state index is 11.2.